The highest BCUT2D eigenvalue weighted by molar-refractivity contribution is 6.31. The molecule has 0 fully saturated rings. The van der Waals surface area contributed by atoms with Gasteiger partial charge in [0.05, 0.1) is 30.2 Å². The number of fused-ring (bicyclic) bond motifs is 2. The lowest BCUT2D eigenvalue weighted by molar-refractivity contribution is -0.105. The van der Waals surface area contributed by atoms with Crippen molar-refractivity contribution in [3.8, 4) is 0 Å². The number of hydrogen-bond acceptors (Lipinski definition) is 7. The van der Waals surface area contributed by atoms with Crippen LogP contribution >= 0.6 is 11.6 Å². The lowest BCUT2D eigenvalue weighted by atomic mass is 10.1. The largest absolute Gasteiger partial charge is 0.379 e. The van der Waals surface area contributed by atoms with E-state index in [4.69, 9.17) is 11.6 Å². The van der Waals surface area contributed by atoms with Crippen molar-refractivity contribution in [2.45, 2.75) is 6.23 Å². The predicted molar refractivity (Wildman–Crippen MR) is 84.2 cm³/mol. The molecule has 0 radical (unpaired) electrons. The molecule has 0 aromatic heterocycles. The van der Waals surface area contributed by atoms with Crippen molar-refractivity contribution in [3.05, 3.63) is 46.8 Å². The van der Waals surface area contributed by atoms with Gasteiger partial charge in [-0.25, -0.2) is 5.43 Å². The maximum absolute atomic E-state index is 10.4. The fourth-order valence-corrected chi connectivity index (χ4v) is 2.44. The van der Waals surface area contributed by atoms with Crippen LogP contribution in [0.5, 0.6) is 0 Å². The van der Waals surface area contributed by atoms with Crippen molar-refractivity contribution in [2.24, 2.45) is 0 Å². The second-order valence-electron chi connectivity index (χ2n) is 4.97. The predicted octanol–water partition coefficient (Wildman–Crippen LogP) is 0.380. The number of benzene rings is 1. The fraction of sp³-hybridized carbons (Fsp3) is 0.214. The van der Waals surface area contributed by atoms with E-state index in [0.717, 1.165) is 22.6 Å². The lowest BCUT2D eigenvalue weighted by Crippen LogP contribution is -2.48. The molecule has 2 aliphatic heterocycles. The van der Waals surface area contributed by atoms with E-state index in [9.17, 15) is 9.90 Å². The number of carbonyl (C=O) groups is 1. The molecule has 1 aromatic rings. The molecule has 0 amide bonds. The van der Waals surface area contributed by atoms with Crippen molar-refractivity contribution in [3.63, 3.8) is 0 Å². The van der Waals surface area contributed by atoms with E-state index in [1.54, 1.807) is 0 Å². The number of allylic oxidation sites excluding steroid dienone is 1. The average molecular weight is 322 g/mol. The van der Waals surface area contributed by atoms with Gasteiger partial charge >= 0.3 is 0 Å². The minimum absolute atomic E-state index is 0.156. The van der Waals surface area contributed by atoms with Crippen LogP contribution in [0.1, 0.15) is 5.56 Å². The van der Waals surface area contributed by atoms with Gasteiger partial charge in [0.1, 0.15) is 6.23 Å². The fourth-order valence-electron chi connectivity index (χ4n) is 2.27. The molecule has 1 unspecified atom stereocenters. The zero-order valence-electron chi connectivity index (χ0n) is 11.7. The van der Waals surface area contributed by atoms with Crippen molar-refractivity contribution in [1.29, 1.82) is 0 Å². The number of hydrazine groups is 2. The Morgan fingerprint density at radius 3 is 3.18 bits per heavy atom. The molecule has 7 nitrogen and oxygen atoms in total. The second kappa shape index (κ2) is 5.98. The van der Waals surface area contributed by atoms with Gasteiger partial charge in [-0.3, -0.25) is 9.80 Å². The van der Waals surface area contributed by atoms with Crippen LogP contribution in [0.25, 0.3) is 5.70 Å². The number of rotatable bonds is 7. The number of aliphatic hydroxyl groups excluding tert-OH is 1. The molecule has 1 atom stereocenters. The Kier molecular flexibility index (Phi) is 4.04. The van der Waals surface area contributed by atoms with Crippen LogP contribution in [-0.4, -0.2) is 35.7 Å². The van der Waals surface area contributed by atoms with Gasteiger partial charge < -0.3 is 15.7 Å². The van der Waals surface area contributed by atoms with Crippen LogP contribution in [0.2, 0.25) is 5.02 Å². The summed E-state index contributed by atoms with van der Waals surface area (Å²) in [7, 11) is 0. The van der Waals surface area contributed by atoms with Crippen LogP contribution < -0.4 is 21.6 Å². The lowest BCUT2D eigenvalue weighted by Gasteiger charge is -2.16. The molecule has 0 aliphatic carbocycles. The van der Waals surface area contributed by atoms with Gasteiger partial charge in [-0.15, -0.1) is 0 Å². The summed E-state index contributed by atoms with van der Waals surface area (Å²) in [6.07, 6.45) is -0.288. The zero-order valence-corrected chi connectivity index (χ0v) is 12.4. The van der Waals surface area contributed by atoms with Crippen LogP contribution in [0, 0.1) is 0 Å². The first-order chi connectivity index (χ1) is 10.6. The third-order valence-electron chi connectivity index (χ3n) is 3.41. The first-order valence-electron chi connectivity index (χ1n) is 6.74. The molecule has 116 valence electrons. The third kappa shape index (κ3) is 2.93. The summed E-state index contributed by atoms with van der Waals surface area (Å²) in [5, 5.41) is 18.3. The Labute approximate surface area is 132 Å². The smallest absolute Gasteiger partial charge is 0.165 e. The molecular formula is C14H16ClN5O2. The number of aldehydes is 1. The van der Waals surface area contributed by atoms with Crippen LogP contribution in [0.3, 0.4) is 0 Å². The molecule has 5 N–H and O–H groups in total. The third-order valence-corrected chi connectivity index (χ3v) is 3.64. The van der Waals surface area contributed by atoms with E-state index in [2.05, 4.69) is 28.2 Å². The van der Waals surface area contributed by atoms with Crippen LogP contribution in [0.15, 0.2) is 36.2 Å². The topological polar surface area (TPSA) is 88.4 Å². The summed E-state index contributed by atoms with van der Waals surface area (Å²) >= 11 is 6.03. The van der Waals surface area contributed by atoms with Crippen LogP contribution in [0.4, 0.5) is 5.69 Å². The highest BCUT2D eigenvalue weighted by atomic mass is 35.5. The van der Waals surface area contributed by atoms with Gasteiger partial charge in [-0.05, 0) is 18.2 Å². The summed E-state index contributed by atoms with van der Waals surface area (Å²) in [5.74, 6) is 0. The van der Waals surface area contributed by atoms with E-state index in [-0.39, 0.29) is 12.2 Å². The van der Waals surface area contributed by atoms with Crippen molar-refractivity contribution >= 4 is 29.3 Å². The Bertz CT molecular complexity index is 661. The van der Waals surface area contributed by atoms with Crippen molar-refractivity contribution < 1.29 is 9.90 Å². The summed E-state index contributed by atoms with van der Waals surface area (Å²) in [5.41, 5.74) is 10.0. The molecule has 8 heteroatoms. The number of nitrogens with zero attached hydrogens (tertiary/aromatic N) is 1. The molecule has 0 saturated heterocycles. The Balaban J connectivity index is 1.53. The molecule has 0 spiro atoms. The SMILES string of the molecule is C=C(C=O)NCC(O)NNN1C2=C1c1cc(Cl)ccc1NC2. The normalized spacial score (nSPS) is 16.4. The highest BCUT2D eigenvalue weighted by Crippen LogP contribution is 2.45. The summed E-state index contributed by atoms with van der Waals surface area (Å²) in [6.45, 7) is 4.33. The maximum Gasteiger partial charge on any atom is 0.165 e. The van der Waals surface area contributed by atoms with Gasteiger partial charge in [-0.1, -0.05) is 18.2 Å². The van der Waals surface area contributed by atoms with E-state index in [0.29, 0.717) is 17.9 Å². The number of anilines is 1. The molecule has 0 bridgehead atoms. The van der Waals surface area contributed by atoms with E-state index >= 15 is 0 Å². The second-order valence-corrected chi connectivity index (χ2v) is 5.41. The van der Waals surface area contributed by atoms with Gasteiger partial charge in [0.25, 0.3) is 0 Å². The number of halogens is 1. The Morgan fingerprint density at radius 2 is 2.41 bits per heavy atom. The van der Waals surface area contributed by atoms with E-state index < -0.39 is 6.23 Å². The molecule has 2 aliphatic rings. The molecular weight excluding hydrogens is 306 g/mol. The molecule has 22 heavy (non-hydrogen) atoms. The van der Waals surface area contributed by atoms with Crippen LogP contribution in [-0.2, 0) is 4.79 Å². The van der Waals surface area contributed by atoms with Crippen molar-refractivity contribution in [1.82, 2.24) is 21.3 Å². The number of aliphatic hydroxyl groups is 1. The standard InChI is InChI=1S/C14H16ClN5O2/c1-8(7-21)16-6-13(22)18-19-20-12-5-17-11-3-2-9(15)4-10(11)14(12)20/h2-4,7,13,16-19,22H,1,5-6H2. The first-order valence-corrected chi connectivity index (χ1v) is 7.12. The number of nitrogens with one attached hydrogen (secondary N) is 4. The van der Waals surface area contributed by atoms with Crippen molar-refractivity contribution in [2.75, 3.05) is 18.4 Å². The summed E-state index contributed by atoms with van der Waals surface area (Å²) in [6, 6.07) is 5.67. The Morgan fingerprint density at radius 1 is 1.59 bits per heavy atom. The molecule has 2 heterocycles. The quantitative estimate of drug-likeness (QED) is 0.215. The minimum atomic E-state index is -0.882. The number of hydrogen-bond donors (Lipinski definition) is 5. The maximum atomic E-state index is 10.4. The van der Waals surface area contributed by atoms with Gasteiger partial charge in [0, 0.05) is 16.3 Å². The van der Waals surface area contributed by atoms with Gasteiger partial charge in [0.2, 0.25) is 0 Å². The molecule has 1 aromatic carbocycles. The van der Waals surface area contributed by atoms with E-state index in [1.165, 1.54) is 0 Å². The Hall–Kier alpha value is -2.06. The summed E-state index contributed by atoms with van der Waals surface area (Å²) in [4.78, 5) is 10.4. The minimum Gasteiger partial charge on any atom is -0.379 e. The summed E-state index contributed by atoms with van der Waals surface area (Å²) < 4.78 is 0. The number of carbonyl (C=O) groups excluding carboxylic acids is 1. The molecule has 0 saturated carbocycles. The monoisotopic (exact) mass is 321 g/mol. The average Bonchev–Trinajstić information content (AvgIpc) is 3.24. The van der Waals surface area contributed by atoms with Gasteiger partial charge in [-0.2, -0.15) is 5.53 Å². The zero-order chi connectivity index (χ0) is 15.7. The molecule has 3 rings (SSSR count). The van der Waals surface area contributed by atoms with Gasteiger partial charge in [0.15, 0.2) is 6.29 Å². The highest BCUT2D eigenvalue weighted by Gasteiger charge is 2.39. The first kappa shape index (κ1) is 14.9. The van der Waals surface area contributed by atoms with E-state index in [1.807, 2.05) is 23.2 Å².